The first kappa shape index (κ1) is 19.3. The van der Waals surface area contributed by atoms with Gasteiger partial charge in [-0.05, 0) is 41.7 Å². The molecule has 0 amide bonds. The van der Waals surface area contributed by atoms with E-state index in [0.29, 0.717) is 23.9 Å². The van der Waals surface area contributed by atoms with E-state index in [-0.39, 0.29) is 6.10 Å². The molecule has 2 saturated heterocycles. The maximum atomic E-state index is 10.7. The minimum absolute atomic E-state index is 0.235. The largest absolute Gasteiger partial charge is 0.497 e. The van der Waals surface area contributed by atoms with Gasteiger partial charge in [-0.2, -0.15) is 0 Å². The van der Waals surface area contributed by atoms with Crippen molar-refractivity contribution < 1.29 is 9.84 Å². The van der Waals surface area contributed by atoms with Crippen molar-refractivity contribution >= 4 is 0 Å². The molecule has 2 aliphatic heterocycles. The number of fused-ring (bicyclic) bond motifs is 2. The number of methoxy groups -OCH3 is 1. The van der Waals surface area contributed by atoms with E-state index < -0.39 is 0 Å². The van der Waals surface area contributed by atoms with Crippen LogP contribution >= 0.6 is 0 Å². The predicted molar refractivity (Wildman–Crippen MR) is 120 cm³/mol. The van der Waals surface area contributed by atoms with Crippen molar-refractivity contribution in [1.29, 1.82) is 0 Å². The SMILES string of the molecule is COc1ccc([C@@H]2[C@H](c3ccccc3)[C@H]3C[C@@H](O)C[C@@H]2N3Cc2ccccc2)cc1. The summed E-state index contributed by atoms with van der Waals surface area (Å²) in [5.41, 5.74) is 4.05. The van der Waals surface area contributed by atoms with Crippen LogP contribution in [0.15, 0.2) is 84.9 Å². The molecule has 0 radical (unpaired) electrons. The number of aliphatic hydroxyl groups excluding tert-OH is 1. The second-order valence-corrected chi connectivity index (χ2v) is 8.65. The lowest BCUT2D eigenvalue weighted by Gasteiger charge is -2.38. The first-order chi connectivity index (χ1) is 14.7. The molecular weight excluding hydrogens is 370 g/mol. The van der Waals surface area contributed by atoms with Crippen LogP contribution in [0.4, 0.5) is 0 Å². The molecule has 3 aromatic carbocycles. The Labute approximate surface area is 178 Å². The third kappa shape index (κ3) is 3.53. The number of nitrogens with zero attached hydrogens (tertiary/aromatic N) is 1. The van der Waals surface area contributed by atoms with Gasteiger partial charge >= 0.3 is 0 Å². The van der Waals surface area contributed by atoms with Crippen LogP contribution in [0, 0.1) is 0 Å². The van der Waals surface area contributed by atoms with Crippen molar-refractivity contribution in [2.75, 3.05) is 7.11 Å². The van der Waals surface area contributed by atoms with Gasteiger partial charge in [0.25, 0.3) is 0 Å². The van der Waals surface area contributed by atoms with Gasteiger partial charge in [0.15, 0.2) is 0 Å². The highest BCUT2D eigenvalue weighted by Crippen LogP contribution is 2.54. The van der Waals surface area contributed by atoms with Gasteiger partial charge in [0, 0.05) is 30.5 Å². The van der Waals surface area contributed by atoms with Gasteiger partial charge in [-0.3, -0.25) is 4.90 Å². The number of ether oxygens (including phenoxy) is 1. The van der Waals surface area contributed by atoms with E-state index in [9.17, 15) is 5.11 Å². The first-order valence-electron chi connectivity index (χ1n) is 10.9. The molecule has 30 heavy (non-hydrogen) atoms. The fourth-order valence-electron chi connectivity index (χ4n) is 5.74. The first-order valence-corrected chi connectivity index (χ1v) is 10.9. The summed E-state index contributed by atoms with van der Waals surface area (Å²) in [5.74, 6) is 1.60. The Morgan fingerprint density at radius 2 is 1.30 bits per heavy atom. The summed E-state index contributed by atoms with van der Waals surface area (Å²) in [5, 5.41) is 10.7. The molecule has 0 saturated carbocycles. The third-order valence-corrected chi connectivity index (χ3v) is 6.99. The quantitative estimate of drug-likeness (QED) is 0.657. The van der Waals surface area contributed by atoms with Crippen molar-refractivity contribution in [2.24, 2.45) is 0 Å². The zero-order valence-corrected chi connectivity index (χ0v) is 17.4. The van der Waals surface area contributed by atoms with E-state index in [1.165, 1.54) is 16.7 Å². The van der Waals surface area contributed by atoms with Crippen LogP contribution in [0.3, 0.4) is 0 Å². The molecule has 3 nitrogen and oxygen atoms in total. The van der Waals surface area contributed by atoms with Crippen LogP contribution in [0.25, 0.3) is 0 Å². The molecule has 0 unspecified atom stereocenters. The fourth-order valence-corrected chi connectivity index (χ4v) is 5.74. The van der Waals surface area contributed by atoms with Gasteiger partial charge in [0.2, 0.25) is 0 Å². The Morgan fingerprint density at radius 3 is 1.87 bits per heavy atom. The number of aliphatic hydroxyl groups is 1. The summed E-state index contributed by atoms with van der Waals surface area (Å²) >= 11 is 0. The monoisotopic (exact) mass is 399 g/mol. The Morgan fingerprint density at radius 1 is 0.767 bits per heavy atom. The highest BCUT2D eigenvalue weighted by molar-refractivity contribution is 5.38. The average Bonchev–Trinajstić information content (AvgIpc) is 2.97. The number of piperidine rings is 1. The van der Waals surface area contributed by atoms with Crippen LogP contribution in [0.5, 0.6) is 5.75 Å². The maximum Gasteiger partial charge on any atom is 0.118 e. The molecule has 2 aliphatic rings. The zero-order chi connectivity index (χ0) is 20.5. The molecule has 5 atom stereocenters. The third-order valence-electron chi connectivity index (χ3n) is 6.99. The Kier molecular flexibility index (Phi) is 5.32. The molecular formula is C27H29NO2. The molecule has 2 bridgehead atoms. The summed E-state index contributed by atoms with van der Waals surface area (Å²) in [4.78, 5) is 2.66. The van der Waals surface area contributed by atoms with Crippen molar-refractivity contribution in [3.05, 3.63) is 102 Å². The summed E-state index contributed by atoms with van der Waals surface area (Å²) in [6.45, 7) is 0.929. The standard InChI is InChI=1S/C27H29NO2/c1-30-23-14-12-21(13-15-23)27-25-17-22(29)16-24(26(27)20-10-6-3-7-11-20)28(25)18-19-8-4-2-5-9-19/h2-15,22,24-27,29H,16-18H2,1H3/t22-,24-,25+,26-,27+/m1/s1. The predicted octanol–water partition coefficient (Wildman–Crippen LogP) is 4.97. The van der Waals surface area contributed by atoms with Crippen molar-refractivity contribution in [2.45, 2.75) is 49.4 Å². The number of rotatable bonds is 5. The normalized spacial score (nSPS) is 28.4. The van der Waals surface area contributed by atoms with Crippen LogP contribution in [-0.2, 0) is 6.54 Å². The van der Waals surface area contributed by atoms with Crippen LogP contribution in [-0.4, -0.2) is 35.3 Å². The minimum atomic E-state index is -0.235. The van der Waals surface area contributed by atoms with E-state index in [1.54, 1.807) is 7.11 Å². The van der Waals surface area contributed by atoms with Gasteiger partial charge in [0.05, 0.1) is 13.2 Å². The van der Waals surface area contributed by atoms with Gasteiger partial charge in [0.1, 0.15) is 5.75 Å². The molecule has 0 aliphatic carbocycles. The van der Waals surface area contributed by atoms with Gasteiger partial charge in [-0.15, -0.1) is 0 Å². The highest BCUT2D eigenvalue weighted by atomic mass is 16.5. The van der Waals surface area contributed by atoms with E-state index in [0.717, 1.165) is 25.1 Å². The summed E-state index contributed by atoms with van der Waals surface area (Å²) in [7, 11) is 1.71. The summed E-state index contributed by atoms with van der Waals surface area (Å²) < 4.78 is 5.40. The van der Waals surface area contributed by atoms with Crippen LogP contribution < -0.4 is 4.74 Å². The molecule has 0 spiro atoms. The number of benzene rings is 3. The van der Waals surface area contributed by atoms with E-state index >= 15 is 0 Å². The van der Waals surface area contributed by atoms with Crippen LogP contribution in [0.1, 0.15) is 41.4 Å². The highest BCUT2D eigenvalue weighted by Gasteiger charge is 2.53. The van der Waals surface area contributed by atoms with Gasteiger partial charge in [-0.1, -0.05) is 72.8 Å². The Hall–Kier alpha value is -2.62. The molecule has 2 heterocycles. The smallest absolute Gasteiger partial charge is 0.118 e. The maximum absolute atomic E-state index is 10.7. The van der Waals surface area contributed by atoms with Gasteiger partial charge < -0.3 is 9.84 Å². The average molecular weight is 400 g/mol. The van der Waals surface area contributed by atoms with E-state index in [4.69, 9.17) is 4.74 Å². The second-order valence-electron chi connectivity index (χ2n) is 8.65. The molecule has 0 aromatic heterocycles. The van der Waals surface area contributed by atoms with Crippen molar-refractivity contribution in [1.82, 2.24) is 4.90 Å². The molecule has 2 fully saturated rings. The van der Waals surface area contributed by atoms with Crippen molar-refractivity contribution in [3.8, 4) is 5.75 Å². The second kappa shape index (κ2) is 8.25. The molecule has 154 valence electrons. The van der Waals surface area contributed by atoms with E-state index in [2.05, 4.69) is 89.8 Å². The van der Waals surface area contributed by atoms with Crippen LogP contribution in [0.2, 0.25) is 0 Å². The lowest BCUT2D eigenvalue weighted by Crippen LogP contribution is -2.45. The Balaban J connectivity index is 1.58. The lowest BCUT2D eigenvalue weighted by molar-refractivity contribution is 0.0269. The number of hydrogen-bond acceptors (Lipinski definition) is 3. The topological polar surface area (TPSA) is 32.7 Å². The fraction of sp³-hybridized carbons (Fsp3) is 0.333. The van der Waals surface area contributed by atoms with Crippen molar-refractivity contribution in [3.63, 3.8) is 0 Å². The number of hydrogen-bond donors (Lipinski definition) is 1. The summed E-state index contributed by atoms with van der Waals surface area (Å²) in [6, 6.07) is 30.8. The Bertz CT molecular complexity index is 957. The molecule has 5 rings (SSSR count). The zero-order valence-electron chi connectivity index (χ0n) is 17.4. The van der Waals surface area contributed by atoms with E-state index in [1.807, 2.05) is 0 Å². The van der Waals surface area contributed by atoms with Gasteiger partial charge in [-0.25, -0.2) is 0 Å². The molecule has 3 heteroatoms. The molecule has 3 aromatic rings. The lowest BCUT2D eigenvalue weighted by atomic mass is 9.78. The summed E-state index contributed by atoms with van der Waals surface area (Å²) in [6.07, 6.45) is 1.42. The molecule has 1 N–H and O–H groups in total. The minimum Gasteiger partial charge on any atom is -0.497 e.